The van der Waals surface area contributed by atoms with Gasteiger partial charge >= 0.3 is 5.97 Å². The van der Waals surface area contributed by atoms with E-state index in [4.69, 9.17) is 10.5 Å². The van der Waals surface area contributed by atoms with E-state index in [0.29, 0.717) is 12.5 Å². The number of hydrogen-bond acceptors (Lipinski definition) is 3. The molecule has 0 aromatic rings. The molecule has 0 radical (unpaired) electrons. The molecule has 0 aromatic heterocycles. The molecular weight excluding hydrogens is 226 g/mol. The molecule has 0 aliphatic rings. The maximum absolute atomic E-state index is 11.4. The van der Waals surface area contributed by atoms with Crippen molar-refractivity contribution in [2.75, 3.05) is 6.61 Å². The van der Waals surface area contributed by atoms with Gasteiger partial charge in [-0.05, 0) is 32.6 Å². The van der Waals surface area contributed by atoms with Gasteiger partial charge in [-0.3, -0.25) is 4.79 Å². The normalized spacial score (nSPS) is 11.1. The Morgan fingerprint density at radius 1 is 1.25 bits per heavy atom. The molecule has 0 saturated carbocycles. The number of hydrogen-bond donors (Lipinski definition) is 1. The summed E-state index contributed by atoms with van der Waals surface area (Å²) in [6.45, 7) is 8.16. The van der Waals surface area contributed by atoms with Gasteiger partial charge in [0.15, 0.2) is 0 Å². The predicted molar refractivity (Wildman–Crippen MR) is 69.8 cm³/mol. The Bertz CT molecular complexity index is 184. The third-order valence-electron chi connectivity index (χ3n) is 2.37. The van der Waals surface area contributed by atoms with Crippen LogP contribution in [0.3, 0.4) is 0 Å². The number of nitrogens with two attached hydrogens (primary N) is 1. The number of ether oxygens (including phenoxy) is 1. The zero-order valence-electron chi connectivity index (χ0n) is 10.9. The second-order valence-electron chi connectivity index (χ2n) is 4.76. The minimum absolute atomic E-state index is 0. The van der Waals surface area contributed by atoms with Gasteiger partial charge in [-0.1, -0.05) is 26.7 Å². The number of halogens is 1. The molecule has 0 fully saturated rings. The van der Waals surface area contributed by atoms with Crippen molar-refractivity contribution in [3.8, 4) is 0 Å². The minimum atomic E-state index is -0.872. The van der Waals surface area contributed by atoms with Crippen LogP contribution in [0.2, 0.25) is 0 Å². The fourth-order valence-corrected chi connectivity index (χ4v) is 1.51. The Morgan fingerprint density at radius 2 is 1.69 bits per heavy atom. The van der Waals surface area contributed by atoms with E-state index >= 15 is 0 Å². The molecule has 4 heteroatoms. The highest BCUT2D eigenvalue weighted by molar-refractivity contribution is 5.85. The van der Waals surface area contributed by atoms with Gasteiger partial charge in [-0.2, -0.15) is 0 Å². The van der Waals surface area contributed by atoms with Gasteiger partial charge in [0.05, 0.1) is 6.61 Å². The lowest BCUT2D eigenvalue weighted by atomic mass is 9.99. The van der Waals surface area contributed by atoms with E-state index in [-0.39, 0.29) is 18.4 Å². The summed E-state index contributed by atoms with van der Waals surface area (Å²) >= 11 is 0. The number of carbonyl (C=O) groups is 1. The first-order valence-corrected chi connectivity index (χ1v) is 5.87. The third-order valence-corrected chi connectivity index (χ3v) is 2.37. The molecule has 0 heterocycles. The molecule has 3 nitrogen and oxygen atoms in total. The Labute approximate surface area is 106 Å². The molecule has 0 atom stereocenters. The van der Waals surface area contributed by atoms with E-state index < -0.39 is 5.54 Å². The first-order valence-electron chi connectivity index (χ1n) is 5.87. The molecule has 0 rings (SSSR count). The van der Waals surface area contributed by atoms with Crippen LogP contribution in [0.15, 0.2) is 0 Å². The molecule has 2 N–H and O–H groups in total. The SMILES string of the molecule is CCCC(CCC)COC(=O)C(C)(C)N.Cl. The first kappa shape index (κ1) is 18.1. The monoisotopic (exact) mass is 251 g/mol. The topological polar surface area (TPSA) is 52.3 Å². The molecule has 98 valence electrons. The average molecular weight is 252 g/mol. The summed E-state index contributed by atoms with van der Waals surface area (Å²) in [6.07, 6.45) is 4.50. The van der Waals surface area contributed by atoms with Gasteiger partial charge in [0, 0.05) is 0 Å². The lowest BCUT2D eigenvalue weighted by molar-refractivity contribution is -0.150. The maximum atomic E-state index is 11.4. The van der Waals surface area contributed by atoms with Crippen LogP contribution in [0.25, 0.3) is 0 Å². The van der Waals surface area contributed by atoms with Crippen molar-refractivity contribution < 1.29 is 9.53 Å². The Balaban J connectivity index is 0. The summed E-state index contributed by atoms with van der Waals surface area (Å²) in [4.78, 5) is 11.4. The smallest absolute Gasteiger partial charge is 0.325 e. The minimum Gasteiger partial charge on any atom is -0.464 e. The van der Waals surface area contributed by atoms with Crippen LogP contribution in [-0.2, 0) is 9.53 Å². The summed E-state index contributed by atoms with van der Waals surface area (Å²) in [5.74, 6) is 0.186. The summed E-state index contributed by atoms with van der Waals surface area (Å²) in [7, 11) is 0. The highest BCUT2D eigenvalue weighted by Crippen LogP contribution is 2.14. The maximum Gasteiger partial charge on any atom is 0.325 e. The van der Waals surface area contributed by atoms with Crippen molar-refractivity contribution in [1.29, 1.82) is 0 Å². The third kappa shape index (κ3) is 7.94. The summed E-state index contributed by atoms with van der Waals surface area (Å²) in [6, 6.07) is 0. The Morgan fingerprint density at radius 3 is 2.00 bits per heavy atom. The van der Waals surface area contributed by atoms with Gasteiger partial charge in [-0.25, -0.2) is 0 Å². The highest BCUT2D eigenvalue weighted by Gasteiger charge is 2.24. The molecule has 0 aromatic carbocycles. The second-order valence-corrected chi connectivity index (χ2v) is 4.76. The molecule has 0 amide bonds. The number of rotatable bonds is 7. The standard InChI is InChI=1S/C12H25NO2.ClH/c1-5-7-10(8-6-2)9-15-11(14)12(3,4)13;/h10H,5-9,13H2,1-4H3;1H. The zero-order valence-corrected chi connectivity index (χ0v) is 11.7. The van der Waals surface area contributed by atoms with E-state index in [1.807, 2.05) is 0 Å². The molecular formula is C12H26ClNO2. The average Bonchev–Trinajstić information content (AvgIpc) is 2.12. The van der Waals surface area contributed by atoms with E-state index in [1.54, 1.807) is 13.8 Å². The highest BCUT2D eigenvalue weighted by atomic mass is 35.5. The molecule has 16 heavy (non-hydrogen) atoms. The van der Waals surface area contributed by atoms with Crippen LogP contribution in [0.5, 0.6) is 0 Å². The van der Waals surface area contributed by atoms with Crippen LogP contribution < -0.4 is 5.73 Å². The number of esters is 1. The Kier molecular flexibility index (Phi) is 9.98. The van der Waals surface area contributed by atoms with Crippen LogP contribution in [0.4, 0.5) is 0 Å². The van der Waals surface area contributed by atoms with Crippen molar-refractivity contribution in [3.63, 3.8) is 0 Å². The van der Waals surface area contributed by atoms with Crippen molar-refractivity contribution in [2.45, 2.75) is 58.9 Å². The summed E-state index contributed by atoms with van der Waals surface area (Å²) < 4.78 is 5.21. The van der Waals surface area contributed by atoms with Crippen LogP contribution >= 0.6 is 12.4 Å². The van der Waals surface area contributed by atoms with Crippen LogP contribution in [-0.4, -0.2) is 18.1 Å². The Hall–Kier alpha value is -0.280. The molecule has 0 unspecified atom stereocenters. The van der Waals surface area contributed by atoms with Gasteiger partial charge in [-0.15, -0.1) is 12.4 Å². The quantitative estimate of drug-likeness (QED) is 0.708. The van der Waals surface area contributed by atoms with Gasteiger partial charge in [0.2, 0.25) is 0 Å². The van der Waals surface area contributed by atoms with Gasteiger partial charge in [0.25, 0.3) is 0 Å². The van der Waals surface area contributed by atoms with Crippen molar-refractivity contribution >= 4 is 18.4 Å². The van der Waals surface area contributed by atoms with E-state index in [2.05, 4.69) is 13.8 Å². The van der Waals surface area contributed by atoms with Crippen LogP contribution in [0.1, 0.15) is 53.4 Å². The van der Waals surface area contributed by atoms with E-state index in [9.17, 15) is 4.79 Å². The van der Waals surface area contributed by atoms with Crippen molar-refractivity contribution in [1.82, 2.24) is 0 Å². The largest absolute Gasteiger partial charge is 0.464 e. The summed E-state index contributed by atoms with van der Waals surface area (Å²) in [5, 5.41) is 0. The van der Waals surface area contributed by atoms with Gasteiger partial charge < -0.3 is 10.5 Å². The molecule has 0 spiro atoms. The molecule has 0 aliphatic carbocycles. The second kappa shape index (κ2) is 8.82. The zero-order chi connectivity index (χ0) is 11.9. The first-order chi connectivity index (χ1) is 6.91. The molecule has 0 saturated heterocycles. The number of carbonyl (C=O) groups excluding carboxylic acids is 1. The van der Waals surface area contributed by atoms with Crippen molar-refractivity contribution in [3.05, 3.63) is 0 Å². The lowest BCUT2D eigenvalue weighted by Gasteiger charge is -2.20. The predicted octanol–water partition coefficient (Wildman–Crippen LogP) is 2.91. The van der Waals surface area contributed by atoms with E-state index in [0.717, 1.165) is 25.7 Å². The van der Waals surface area contributed by atoms with Crippen molar-refractivity contribution in [2.24, 2.45) is 11.7 Å². The summed E-state index contributed by atoms with van der Waals surface area (Å²) in [5.41, 5.74) is 4.77. The van der Waals surface area contributed by atoms with Crippen LogP contribution in [0, 0.1) is 5.92 Å². The molecule has 0 aliphatic heterocycles. The fraction of sp³-hybridized carbons (Fsp3) is 0.917. The fourth-order valence-electron chi connectivity index (χ4n) is 1.51. The van der Waals surface area contributed by atoms with Gasteiger partial charge in [0.1, 0.15) is 5.54 Å². The van der Waals surface area contributed by atoms with E-state index in [1.165, 1.54) is 0 Å². The lowest BCUT2D eigenvalue weighted by Crippen LogP contribution is -2.43. The molecule has 0 bridgehead atoms.